The number of carbonyl (C=O) groups is 5. The van der Waals surface area contributed by atoms with Crippen molar-refractivity contribution in [2.24, 2.45) is 0 Å². The Morgan fingerprint density at radius 2 is 1.38 bits per heavy atom. The van der Waals surface area contributed by atoms with Crippen molar-refractivity contribution in [2.75, 3.05) is 33.0 Å². The quantitative estimate of drug-likeness (QED) is 0.193. The number of esters is 2. The Kier molecular flexibility index (Phi) is 11.5. The van der Waals surface area contributed by atoms with Crippen LogP contribution in [0.5, 0.6) is 0 Å². The van der Waals surface area contributed by atoms with E-state index in [0.717, 1.165) is 0 Å². The summed E-state index contributed by atoms with van der Waals surface area (Å²) in [6, 6.07) is 0. The number of aliphatic hydroxyl groups is 2. The predicted octanol–water partition coefficient (Wildman–Crippen LogP) is -1.39. The molecular weight excluding hydrogens is 394 g/mol. The van der Waals surface area contributed by atoms with Gasteiger partial charge >= 0.3 is 17.9 Å². The lowest BCUT2D eigenvalue weighted by Crippen LogP contribution is -2.32. The molecule has 0 atom stereocenters. The number of hydroxylamine groups is 2. The average molecular weight is 419 g/mol. The maximum absolute atomic E-state index is 11.7. The molecule has 0 spiro atoms. The van der Waals surface area contributed by atoms with Crippen LogP contribution in [0.3, 0.4) is 0 Å². The minimum atomic E-state index is -0.821. The van der Waals surface area contributed by atoms with Gasteiger partial charge in [-0.25, -0.2) is 4.79 Å². The van der Waals surface area contributed by atoms with Gasteiger partial charge in [-0.3, -0.25) is 19.2 Å². The van der Waals surface area contributed by atoms with Gasteiger partial charge in [0.05, 0.1) is 32.5 Å². The summed E-state index contributed by atoms with van der Waals surface area (Å²) in [5, 5.41) is 17.8. The van der Waals surface area contributed by atoms with Gasteiger partial charge in [0.1, 0.15) is 19.3 Å². The van der Waals surface area contributed by atoms with Crippen LogP contribution in [0, 0.1) is 0 Å². The predicted molar refractivity (Wildman–Crippen MR) is 91.5 cm³/mol. The van der Waals surface area contributed by atoms with E-state index in [-0.39, 0.29) is 71.6 Å². The Labute approximate surface area is 166 Å². The van der Waals surface area contributed by atoms with E-state index < -0.39 is 35.8 Å². The third-order valence-corrected chi connectivity index (χ3v) is 3.57. The molecule has 2 N–H and O–H groups in total. The molecule has 0 unspecified atom stereocenters. The normalized spacial score (nSPS) is 13.7. The second kappa shape index (κ2) is 13.6. The van der Waals surface area contributed by atoms with Crippen molar-refractivity contribution in [3.8, 4) is 0 Å². The third kappa shape index (κ3) is 9.96. The van der Waals surface area contributed by atoms with Crippen LogP contribution in [0.15, 0.2) is 0 Å². The van der Waals surface area contributed by atoms with Crippen molar-refractivity contribution in [1.29, 1.82) is 0 Å². The first-order chi connectivity index (χ1) is 13.9. The van der Waals surface area contributed by atoms with Crippen LogP contribution in [0.2, 0.25) is 0 Å². The van der Waals surface area contributed by atoms with Crippen LogP contribution in [0.4, 0.5) is 0 Å². The molecule has 1 aliphatic rings. The fourth-order valence-electron chi connectivity index (χ4n) is 2.11. The van der Waals surface area contributed by atoms with Gasteiger partial charge in [-0.15, -0.1) is 5.06 Å². The number of hydrogen-bond acceptors (Lipinski definition) is 11. The summed E-state index contributed by atoms with van der Waals surface area (Å²) in [6.45, 7) is -1.23. The zero-order valence-corrected chi connectivity index (χ0v) is 15.9. The monoisotopic (exact) mass is 419 g/mol. The van der Waals surface area contributed by atoms with E-state index in [9.17, 15) is 24.0 Å². The van der Waals surface area contributed by atoms with Crippen molar-refractivity contribution < 1.29 is 53.2 Å². The zero-order chi connectivity index (χ0) is 21.6. The highest BCUT2D eigenvalue weighted by atomic mass is 16.7. The summed E-state index contributed by atoms with van der Waals surface area (Å²) in [5.41, 5.74) is 0. The van der Waals surface area contributed by atoms with Crippen LogP contribution in [-0.2, 0) is 43.0 Å². The number of hydrogen-bond donors (Lipinski definition) is 2. The SMILES string of the molecule is O=C(CCO)OCC(COC(=O)CCO)OCCCC(=O)ON1C(=O)CCC1=O. The van der Waals surface area contributed by atoms with Crippen molar-refractivity contribution in [3.63, 3.8) is 0 Å². The van der Waals surface area contributed by atoms with E-state index in [1.807, 2.05) is 0 Å². The maximum atomic E-state index is 11.7. The van der Waals surface area contributed by atoms with Crippen LogP contribution < -0.4 is 0 Å². The lowest BCUT2D eigenvalue weighted by molar-refractivity contribution is -0.197. The average Bonchev–Trinajstić information content (AvgIpc) is 2.99. The summed E-state index contributed by atoms with van der Waals surface area (Å²) < 4.78 is 15.2. The second-order valence-corrected chi connectivity index (χ2v) is 5.95. The number of nitrogens with zero attached hydrogens (tertiary/aromatic N) is 1. The van der Waals surface area contributed by atoms with E-state index in [4.69, 9.17) is 29.3 Å². The fraction of sp³-hybridized carbons (Fsp3) is 0.706. The number of rotatable bonds is 14. The van der Waals surface area contributed by atoms with Crippen molar-refractivity contribution >= 4 is 29.7 Å². The minimum absolute atomic E-state index is 0.000900. The van der Waals surface area contributed by atoms with Crippen LogP contribution in [0.25, 0.3) is 0 Å². The van der Waals surface area contributed by atoms with Gasteiger partial charge < -0.3 is 29.3 Å². The molecule has 0 radical (unpaired) electrons. The fourth-order valence-corrected chi connectivity index (χ4v) is 2.11. The van der Waals surface area contributed by atoms with Crippen LogP contribution in [-0.4, -0.2) is 84.1 Å². The molecule has 1 rings (SSSR count). The van der Waals surface area contributed by atoms with E-state index in [2.05, 4.69) is 0 Å². The summed E-state index contributed by atoms with van der Waals surface area (Å²) in [4.78, 5) is 61.8. The molecule has 1 heterocycles. The molecule has 0 aliphatic carbocycles. The highest BCUT2D eigenvalue weighted by Crippen LogP contribution is 2.13. The summed E-state index contributed by atoms with van der Waals surface area (Å²) in [7, 11) is 0. The summed E-state index contributed by atoms with van der Waals surface area (Å²) >= 11 is 0. The molecule has 0 aromatic rings. The molecule has 0 aromatic heterocycles. The molecule has 29 heavy (non-hydrogen) atoms. The molecular formula is C17H25NO11. The van der Waals surface area contributed by atoms with Gasteiger partial charge in [0.15, 0.2) is 0 Å². The minimum Gasteiger partial charge on any atom is -0.463 e. The number of aliphatic hydroxyl groups excluding tert-OH is 2. The molecule has 0 aromatic carbocycles. The number of imide groups is 1. The largest absolute Gasteiger partial charge is 0.463 e. The van der Waals surface area contributed by atoms with Gasteiger partial charge in [0.25, 0.3) is 11.8 Å². The van der Waals surface area contributed by atoms with Gasteiger partial charge in [-0.05, 0) is 6.42 Å². The summed E-state index contributed by atoms with van der Waals surface area (Å²) in [6.07, 6.45) is -1.19. The third-order valence-electron chi connectivity index (χ3n) is 3.57. The van der Waals surface area contributed by atoms with Gasteiger partial charge in [0, 0.05) is 19.4 Å². The first-order valence-corrected chi connectivity index (χ1v) is 9.08. The highest BCUT2D eigenvalue weighted by Gasteiger charge is 2.32. The molecule has 1 aliphatic heterocycles. The van der Waals surface area contributed by atoms with Crippen molar-refractivity contribution in [1.82, 2.24) is 5.06 Å². The number of ether oxygens (including phenoxy) is 3. The van der Waals surface area contributed by atoms with Crippen LogP contribution in [0.1, 0.15) is 38.5 Å². The van der Waals surface area contributed by atoms with E-state index in [0.29, 0.717) is 5.06 Å². The van der Waals surface area contributed by atoms with E-state index >= 15 is 0 Å². The number of amides is 2. The Balaban J connectivity index is 2.35. The zero-order valence-electron chi connectivity index (χ0n) is 15.9. The Hall–Kier alpha value is -2.57. The Bertz CT molecular complexity index is 554. The van der Waals surface area contributed by atoms with Gasteiger partial charge in [-0.2, -0.15) is 0 Å². The topological polar surface area (TPSA) is 166 Å². The van der Waals surface area contributed by atoms with Crippen LogP contribution >= 0.6 is 0 Å². The summed E-state index contributed by atoms with van der Waals surface area (Å²) in [5.74, 6) is -3.25. The molecule has 2 amide bonds. The number of carbonyl (C=O) groups excluding carboxylic acids is 5. The first-order valence-electron chi connectivity index (χ1n) is 9.08. The molecule has 164 valence electrons. The molecule has 1 fully saturated rings. The standard InChI is InChI=1S/C17H25NO11/c19-7-5-15(23)27-10-12(11-28-16(24)6-8-20)26-9-1-2-17(25)29-18-13(21)3-4-14(18)22/h12,19-20H,1-11H2. The van der Waals surface area contributed by atoms with Gasteiger partial charge in [0.2, 0.25) is 0 Å². The highest BCUT2D eigenvalue weighted by molar-refractivity contribution is 6.01. The van der Waals surface area contributed by atoms with E-state index in [1.54, 1.807) is 0 Å². The second-order valence-electron chi connectivity index (χ2n) is 5.95. The molecule has 12 nitrogen and oxygen atoms in total. The Morgan fingerprint density at radius 3 is 1.86 bits per heavy atom. The Morgan fingerprint density at radius 1 is 0.862 bits per heavy atom. The smallest absolute Gasteiger partial charge is 0.333 e. The van der Waals surface area contributed by atoms with E-state index in [1.165, 1.54) is 0 Å². The van der Waals surface area contributed by atoms with Crippen molar-refractivity contribution in [3.05, 3.63) is 0 Å². The maximum Gasteiger partial charge on any atom is 0.333 e. The van der Waals surface area contributed by atoms with Crippen molar-refractivity contribution in [2.45, 2.75) is 44.6 Å². The lowest BCUT2D eigenvalue weighted by Gasteiger charge is -2.18. The lowest BCUT2D eigenvalue weighted by atomic mass is 10.3. The molecule has 12 heteroatoms. The molecule has 1 saturated heterocycles. The first kappa shape index (κ1) is 24.5. The molecule has 0 bridgehead atoms. The van der Waals surface area contributed by atoms with Gasteiger partial charge in [-0.1, -0.05) is 0 Å². The molecule has 0 saturated carbocycles.